The Kier molecular flexibility index (Phi) is 12.7. The molecule has 0 saturated carbocycles. The third-order valence-corrected chi connectivity index (χ3v) is 15.6. The van der Waals surface area contributed by atoms with Gasteiger partial charge in [-0.05, 0) is 145 Å². The van der Waals surface area contributed by atoms with Crippen LogP contribution in [0.15, 0.2) is 164 Å². The summed E-state index contributed by atoms with van der Waals surface area (Å²) in [6.07, 6.45) is 1.95. The number of ether oxygens (including phenoxy) is 1. The highest BCUT2D eigenvalue weighted by atomic mass is 16.5. The SMILES string of the molecule is CC(C)c1cccc(C(C)C)c1-c1cc(Oc2ccc3c4ccccc4n(-c4cc(C(C)(C)c5ccccc5)ccn4)c3c2)cc(N2CN(c3cc(C(C)(C)C)cc(C(C)(C)C)c3)c3cc(C(C)(C)C)ccc32)c1. The fraction of sp³-hybridized carbons (Fsp3) is 0.319. The summed E-state index contributed by atoms with van der Waals surface area (Å²) < 4.78 is 9.57. The molecule has 0 saturated heterocycles. The first-order chi connectivity index (χ1) is 35.0. The van der Waals surface area contributed by atoms with Crippen molar-refractivity contribution in [1.82, 2.24) is 9.55 Å². The van der Waals surface area contributed by atoms with Crippen LogP contribution in [0.4, 0.5) is 22.7 Å². The molecule has 2 aromatic heterocycles. The van der Waals surface area contributed by atoms with Crippen LogP contribution in [0.25, 0.3) is 38.8 Å². The van der Waals surface area contributed by atoms with Gasteiger partial charge in [0.2, 0.25) is 0 Å². The zero-order chi connectivity index (χ0) is 52.6. The fourth-order valence-corrected chi connectivity index (χ4v) is 11.0. The normalized spacial score (nSPS) is 13.5. The Balaban J connectivity index is 1.15. The molecule has 5 heteroatoms. The minimum absolute atomic E-state index is 0.0266. The number of anilines is 4. The van der Waals surface area contributed by atoms with Gasteiger partial charge in [0.1, 0.15) is 24.0 Å². The third-order valence-electron chi connectivity index (χ3n) is 15.6. The van der Waals surface area contributed by atoms with Crippen LogP contribution in [0.5, 0.6) is 11.5 Å². The lowest BCUT2D eigenvalue weighted by Crippen LogP contribution is -2.25. The maximum atomic E-state index is 7.27. The summed E-state index contributed by atoms with van der Waals surface area (Å²) in [5.74, 6) is 3.06. The average molecular weight is 977 g/mol. The summed E-state index contributed by atoms with van der Waals surface area (Å²) in [5.41, 5.74) is 18.1. The topological polar surface area (TPSA) is 33.5 Å². The van der Waals surface area contributed by atoms with Crippen LogP contribution in [0, 0.1) is 0 Å². The third kappa shape index (κ3) is 9.40. The van der Waals surface area contributed by atoms with Crippen LogP contribution in [0.3, 0.4) is 0 Å². The standard InChI is InChI=1S/C69H76N4O/c1-44(2)56-25-21-26-57(45(3)4)65(56)46-34-52(71-43-72(63-39-48(66(5,6)7)28-31-61(63)71)53-37-50(67(8,9)10)36-51(38-53)68(11,12)13)41-55(35-46)74-54-29-30-59-58-24-19-20-27-60(58)73(62(59)42-54)64-40-49(32-33-70-64)69(14,15)47-22-17-16-18-23-47/h16-42,44-45H,43H2,1-15H3. The summed E-state index contributed by atoms with van der Waals surface area (Å²) >= 11 is 0. The molecule has 0 atom stereocenters. The number of benzene rings is 7. The van der Waals surface area contributed by atoms with Crippen LogP contribution in [-0.2, 0) is 21.7 Å². The molecular formula is C69H76N4O. The Morgan fingerprint density at radius 2 is 1.05 bits per heavy atom. The number of para-hydroxylation sites is 1. The monoisotopic (exact) mass is 977 g/mol. The van der Waals surface area contributed by atoms with Gasteiger partial charge in [-0.25, -0.2) is 4.98 Å². The molecule has 378 valence electrons. The molecule has 0 aliphatic carbocycles. The fourth-order valence-electron chi connectivity index (χ4n) is 11.0. The van der Waals surface area contributed by atoms with Gasteiger partial charge < -0.3 is 14.5 Å². The first kappa shape index (κ1) is 50.4. The first-order valence-corrected chi connectivity index (χ1v) is 26.8. The van der Waals surface area contributed by atoms with Crippen molar-refractivity contribution < 1.29 is 4.74 Å². The van der Waals surface area contributed by atoms with Crippen LogP contribution in [0.2, 0.25) is 0 Å². The van der Waals surface area contributed by atoms with Gasteiger partial charge in [0.05, 0.1) is 22.4 Å². The van der Waals surface area contributed by atoms with Crippen molar-refractivity contribution >= 4 is 44.6 Å². The van der Waals surface area contributed by atoms with Crippen LogP contribution >= 0.6 is 0 Å². The molecule has 1 aliphatic rings. The van der Waals surface area contributed by atoms with Gasteiger partial charge >= 0.3 is 0 Å². The average Bonchev–Trinajstić information content (AvgIpc) is 3.91. The molecule has 0 spiro atoms. The van der Waals surface area contributed by atoms with Gasteiger partial charge in [0.25, 0.3) is 0 Å². The minimum atomic E-state index is -0.230. The number of hydrogen-bond acceptors (Lipinski definition) is 4. The van der Waals surface area contributed by atoms with Gasteiger partial charge in [-0.3, -0.25) is 4.57 Å². The molecule has 9 aromatic rings. The number of pyridine rings is 1. The van der Waals surface area contributed by atoms with Crippen molar-refractivity contribution in [1.29, 1.82) is 0 Å². The van der Waals surface area contributed by atoms with E-state index < -0.39 is 0 Å². The minimum Gasteiger partial charge on any atom is -0.457 e. The van der Waals surface area contributed by atoms with E-state index in [1.807, 2.05) is 6.20 Å². The molecule has 0 radical (unpaired) electrons. The summed E-state index contributed by atoms with van der Waals surface area (Å²) in [6.45, 7) is 35.4. The van der Waals surface area contributed by atoms with Gasteiger partial charge in [-0.2, -0.15) is 0 Å². The van der Waals surface area contributed by atoms with Crippen molar-refractivity contribution in [2.45, 2.75) is 137 Å². The van der Waals surface area contributed by atoms with E-state index in [0.717, 1.165) is 45.0 Å². The highest BCUT2D eigenvalue weighted by Crippen LogP contribution is 2.50. The lowest BCUT2D eigenvalue weighted by atomic mass is 9.78. The van der Waals surface area contributed by atoms with Crippen molar-refractivity contribution in [3.05, 3.63) is 203 Å². The Bertz CT molecular complexity index is 3500. The molecule has 1 aliphatic heterocycles. The number of nitrogens with zero attached hydrogens (tertiary/aromatic N) is 4. The van der Waals surface area contributed by atoms with Gasteiger partial charge in [-0.15, -0.1) is 0 Å². The number of fused-ring (bicyclic) bond motifs is 4. The molecule has 0 unspecified atom stereocenters. The largest absolute Gasteiger partial charge is 0.457 e. The summed E-state index contributed by atoms with van der Waals surface area (Å²) in [7, 11) is 0. The van der Waals surface area contributed by atoms with E-state index in [9.17, 15) is 0 Å². The molecule has 74 heavy (non-hydrogen) atoms. The van der Waals surface area contributed by atoms with Crippen LogP contribution in [0.1, 0.15) is 155 Å². The van der Waals surface area contributed by atoms with E-state index in [2.05, 4.69) is 276 Å². The second kappa shape index (κ2) is 18.7. The summed E-state index contributed by atoms with van der Waals surface area (Å²) in [5, 5.41) is 2.33. The Hall–Kier alpha value is -7.11. The maximum absolute atomic E-state index is 7.27. The highest BCUT2D eigenvalue weighted by molar-refractivity contribution is 6.09. The smallest absolute Gasteiger partial charge is 0.137 e. The van der Waals surface area contributed by atoms with E-state index in [1.54, 1.807) is 0 Å². The predicted octanol–water partition coefficient (Wildman–Crippen LogP) is 19.4. The van der Waals surface area contributed by atoms with Crippen LogP contribution in [-0.4, -0.2) is 16.2 Å². The molecule has 0 N–H and O–H groups in total. The van der Waals surface area contributed by atoms with Crippen molar-refractivity contribution in [3.8, 4) is 28.4 Å². The lowest BCUT2D eigenvalue weighted by Gasteiger charge is -2.30. The number of aromatic nitrogens is 2. The zero-order valence-corrected chi connectivity index (χ0v) is 46.6. The molecule has 10 rings (SSSR count). The zero-order valence-electron chi connectivity index (χ0n) is 46.6. The maximum Gasteiger partial charge on any atom is 0.137 e. The van der Waals surface area contributed by atoms with Gasteiger partial charge in [-0.1, -0.05) is 183 Å². The summed E-state index contributed by atoms with van der Waals surface area (Å²) in [6, 6.07) is 58.5. The number of hydrogen-bond donors (Lipinski definition) is 0. The summed E-state index contributed by atoms with van der Waals surface area (Å²) in [4.78, 5) is 10.1. The van der Waals surface area contributed by atoms with Crippen molar-refractivity contribution in [2.24, 2.45) is 0 Å². The second-order valence-electron chi connectivity index (χ2n) is 25.1. The predicted molar refractivity (Wildman–Crippen MR) is 315 cm³/mol. The Labute approximate surface area is 441 Å². The van der Waals surface area contributed by atoms with E-state index >= 15 is 0 Å². The molecule has 7 aromatic carbocycles. The van der Waals surface area contributed by atoms with Gasteiger partial charge in [0, 0.05) is 45.9 Å². The van der Waals surface area contributed by atoms with Crippen molar-refractivity contribution in [3.63, 3.8) is 0 Å². The number of rotatable bonds is 10. The quantitative estimate of drug-likeness (QED) is 0.137. The highest BCUT2D eigenvalue weighted by Gasteiger charge is 2.33. The molecule has 0 amide bonds. The molecule has 0 fully saturated rings. The molecule has 5 nitrogen and oxygen atoms in total. The van der Waals surface area contributed by atoms with Crippen LogP contribution < -0.4 is 14.5 Å². The molecular weight excluding hydrogens is 901 g/mol. The van der Waals surface area contributed by atoms with E-state index in [4.69, 9.17) is 9.72 Å². The Morgan fingerprint density at radius 1 is 0.446 bits per heavy atom. The van der Waals surface area contributed by atoms with E-state index in [1.165, 1.54) is 67.0 Å². The second-order valence-corrected chi connectivity index (χ2v) is 25.1. The van der Waals surface area contributed by atoms with Gasteiger partial charge in [0.15, 0.2) is 0 Å². The first-order valence-electron chi connectivity index (χ1n) is 26.8. The van der Waals surface area contributed by atoms with E-state index in [-0.39, 0.29) is 21.7 Å². The van der Waals surface area contributed by atoms with Crippen molar-refractivity contribution in [2.75, 3.05) is 16.5 Å². The Morgan fingerprint density at radius 3 is 1.70 bits per heavy atom. The van der Waals surface area contributed by atoms with E-state index in [0.29, 0.717) is 18.5 Å². The lowest BCUT2D eigenvalue weighted by molar-refractivity contribution is 0.483. The molecule has 0 bridgehead atoms. The molecule has 3 heterocycles.